The fraction of sp³-hybridized carbons (Fsp3) is 0.538. The lowest BCUT2D eigenvalue weighted by molar-refractivity contribution is 0.0378. The number of sulfonamides is 1. The Morgan fingerprint density at radius 3 is 2.62 bits per heavy atom. The van der Waals surface area contributed by atoms with Gasteiger partial charge in [-0.05, 0) is 31.2 Å². The van der Waals surface area contributed by atoms with E-state index in [1.165, 1.54) is 12.1 Å². The maximum absolute atomic E-state index is 11.3. The first-order chi connectivity index (χ1) is 9.95. The highest BCUT2D eigenvalue weighted by Gasteiger charge is 2.11. The van der Waals surface area contributed by atoms with Gasteiger partial charge in [-0.3, -0.25) is 4.90 Å². The van der Waals surface area contributed by atoms with Gasteiger partial charge >= 0.3 is 0 Å². The Morgan fingerprint density at radius 2 is 1.95 bits per heavy atom. The molecule has 1 aliphatic heterocycles. The Morgan fingerprint density at radius 1 is 1.24 bits per heavy atom. The second-order valence-electron chi connectivity index (χ2n) is 5.07. The minimum atomic E-state index is -3.74. The fourth-order valence-corrected chi connectivity index (χ4v) is 2.84. The number of hydrogen-bond donors (Lipinski definition) is 3. The van der Waals surface area contributed by atoms with Crippen molar-refractivity contribution in [3.05, 3.63) is 18.2 Å². The van der Waals surface area contributed by atoms with Gasteiger partial charge in [-0.2, -0.15) is 0 Å². The van der Waals surface area contributed by atoms with Crippen LogP contribution < -0.4 is 16.2 Å². The van der Waals surface area contributed by atoms with Crippen LogP contribution in [0.3, 0.4) is 0 Å². The Labute approximate surface area is 125 Å². The van der Waals surface area contributed by atoms with Crippen LogP contribution in [0.1, 0.15) is 6.42 Å². The van der Waals surface area contributed by atoms with Crippen molar-refractivity contribution in [3.8, 4) is 0 Å². The van der Waals surface area contributed by atoms with Gasteiger partial charge in [0.1, 0.15) is 0 Å². The average molecular weight is 314 g/mol. The van der Waals surface area contributed by atoms with E-state index in [0.29, 0.717) is 11.4 Å². The molecule has 0 aliphatic carbocycles. The molecule has 1 saturated heterocycles. The van der Waals surface area contributed by atoms with Crippen molar-refractivity contribution >= 4 is 21.4 Å². The van der Waals surface area contributed by atoms with Gasteiger partial charge in [-0.15, -0.1) is 0 Å². The molecule has 7 nitrogen and oxygen atoms in total. The van der Waals surface area contributed by atoms with E-state index in [1.54, 1.807) is 6.07 Å². The number of primary sulfonamides is 1. The first-order valence-electron chi connectivity index (χ1n) is 6.92. The summed E-state index contributed by atoms with van der Waals surface area (Å²) in [6.07, 6.45) is 0.958. The first-order valence-corrected chi connectivity index (χ1v) is 8.47. The quantitative estimate of drug-likeness (QED) is 0.505. The molecule has 118 valence electrons. The van der Waals surface area contributed by atoms with Crippen LogP contribution in [-0.2, 0) is 14.8 Å². The van der Waals surface area contributed by atoms with Crippen molar-refractivity contribution < 1.29 is 13.2 Å². The zero-order valence-corrected chi connectivity index (χ0v) is 12.7. The number of anilines is 2. The number of benzene rings is 1. The summed E-state index contributed by atoms with van der Waals surface area (Å²) in [6.45, 7) is 5.24. The second kappa shape index (κ2) is 7.08. The van der Waals surface area contributed by atoms with E-state index in [-0.39, 0.29) is 4.90 Å². The van der Waals surface area contributed by atoms with Gasteiger partial charge in [0, 0.05) is 31.0 Å². The molecule has 0 saturated carbocycles. The van der Waals surface area contributed by atoms with Crippen molar-refractivity contribution in [2.24, 2.45) is 5.14 Å². The molecule has 0 amide bonds. The highest BCUT2D eigenvalue weighted by atomic mass is 32.2. The van der Waals surface area contributed by atoms with Gasteiger partial charge in [0.2, 0.25) is 10.0 Å². The lowest BCUT2D eigenvalue weighted by Gasteiger charge is -2.26. The molecule has 1 aliphatic rings. The monoisotopic (exact) mass is 314 g/mol. The third kappa shape index (κ3) is 5.16. The molecule has 0 bridgehead atoms. The molecule has 21 heavy (non-hydrogen) atoms. The van der Waals surface area contributed by atoms with Crippen molar-refractivity contribution in [1.82, 2.24) is 4.90 Å². The summed E-state index contributed by atoms with van der Waals surface area (Å²) >= 11 is 0. The van der Waals surface area contributed by atoms with Gasteiger partial charge < -0.3 is 15.8 Å². The third-order valence-electron chi connectivity index (χ3n) is 3.34. The lowest BCUT2D eigenvalue weighted by atomic mass is 10.2. The summed E-state index contributed by atoms with van der Waals surface area (Å²) in [5.74, 6) is 0. The van der Waals surface area contributed by atoms with Crippen molar-refractivity contribution in [1.29, 1.82) is 0 Å². The predicted molar refractivity (Wildman–Crippen MR) is 82.6 cm³/mol. The van der Waals surface area contributed by atoms with Crippen LogP contribution >= 0.6 is 0 Å². The molecule has 2 rings (SSSR count). The van der Waals surface area contributed by atoms with Crippen LogP contribution in [-0.4, -0.2) is 52.7 Å². The second-order valence-corrected chi connectivity index (χ2v) is 6.63. The molecule has 1 heterocycles. The topological polar surface area (TPSA) is 111 Å². The molecule has 0 unspecified atom stereocenters. The largest absolute Gasteiger partial charge is 0.399 e. The van der Waals surface area contributed by atoms with Crippen LogP contribution in [0.15, 0.2) is 23.1 Å². The van der Waals surface area contributed by atoms with Crippen LogP contribution in [0.4, 0.5) is 11.4 Å². The normalized spacial score (nSPS) is 16.8. The minimum Gasteiger partial charge on any atom is -0.399 e. The molecule has 8 heteroatoms. The van der Waals surface area contributed by atoms with Gasteiger partial charge in [0.05, 0.1) is 18.1 Å². The van der Waals surface area contributed by atoms with E-state index in [4.69, 9.17) is 15.6 Å². The lowest BCUT2D eigenvalue weighted by Crippen LogP contribution is -2.37. The molecular weight excluding hydrogens is 292 g/mol. The van der Waals surface area contributed by atoms with E-state index >= 15 is 0 Å². The Kier molecular flexibility index (Phi) is 5.40. The number of nitrogens with zero attached hydrogens (tertiary/aromatic N) is 1. The highest BCUT2D eigenvalue weighted by molar-refractivity contribution is 7.89. The number of nitrogen functional groups attached to an aromatic ring is 1. The standard InChI is InChI=1S/C13H22N4O3S/c14-11-8-12(10-13(9-11)21(15,18)19)16-2-1-3-17-4-6-20-7-5-17/h8-10,16H,1-7,14H2,(H2,15,18,19). The van der Waals surface area contributed by atoms with Gasteiger partial charge in [0.15, 0.2) is 0 Å². The summed E-state index contributed by atoms with van der Waals surface area (Å²) in [5.41, 5.74) is 6.74. The highest BCUT2D eigenvalue weighted by Crippen LogP contribution is 2.19. The van der Waals surface area contributed by atoms with Crippen LogP contribution in [0, 0.1) is 0 Å². The van der Waals surface area contributed by atoms with Crippen molar-refractivity contribution in [2.45, 2.75) is 11.3 Å². The van der Waals surface area contributed by atoms with Crippen LogP contribution in [0.5, 0.6) is 0 Å². The SMILES string of the molecule is Nc1cc(NCCCN2CCOCC2)cc(S(N)(=O)=O)c1. The Balaban J connectivity index is 1.84. The van der Waals surface area contributed by atoms with Gasteiger partial charge in [0.25, 0.3) is 0 Å². The summed E-state index contributed by atoms with van der Waals surface area (Å²) < 4.78 is 28.0. The number of ether oxygens (including phenoxy) is 1. The Hall–Kier alpha value is -1.35. The number of rotatable bonds is 6. The number of nitrogens with one attached hydrogen (secondary N) is 1. The number of hydrogen-bond acceptors (Lipinski definition) is 6. The molecule has 0 aromatic heterocycles. The van der Waals surface area contributed by atoms with Gasteiger partial charge in [-0.25, -0.2) is 13.6 Å². The molecule has 5 N–H and O–H groups in total. The molecule has 0 radical (unpaired) electrons. The molecule has 1 fully saturated rings. The van der Waals surface area contributed by atoms with E-state index in [0.717, 1.165) is 45.8 Å². The summed E-state index contributed by atoms with van der Waals surface area (Å²) in [7, 11) is -3.74. The number of nitrogens with two attached hydrogens (primary N) is 2. The minimum absolute atomic E-state index is 0.0261. The van der Waals surface area contributed by atoms with Crippen LogP contribution in [0.25, 0.3) is 0 Å². The molecular formula is C13H22N4O3S. The zero-order chi connectivity index (χ0) is 15.3. The fourth-order valence-electron chi connectivity index (χ4n) is 2.25. The maximum atomic E-state index is 11.3. The molecule has 1 aromatic carbocycles. The molecule has 0 spiro atoms. The summed E-state index contributed by atoms with van der Waals surface area (Å²) in [6, 6.07) is 4.55. The van der Waals surface area contributed by atoms with Gasteiger partial charge in [-0.1, -0.05) is 0 Å². The predicted octanol–water partition coefficient (Wildman–Crippen LogP) is 0.0504. The van der Waals surface area contributed by atoms with Crippen molar-refractivity contribution in [2.75, 3.05) is 50.4 Å². The average Bonchev–Trinajstić information content (AvgIpc) is 2.43. The summed E-state index contributed by atoms with van der Waals surface area (Å²) in [5, 5.41) is 8.30. The molecule has 1 aromatic rings. The van der Waals surface area contributed by atoms with E-state index in [1.807, 2.05) is 0 Å². The van der Waals surface area contributed by atoms with E-state index in [2.05, 4.69) is 10.2 Å². The maximum Gasteiger partial charge on any atom is 0.238 e. The van der Waals surface area contributed by atoms with Crippen molar-refractivity contribution in [3.63, 3.8) is 0 Å². The smallest absolute Gasteiger partial charge is 0.238 e. The number of morpholine rings is 1. The summed E-state index contributed by atoms with van der Waals surface area (Å²) in [4.78, 5) is 2.37. The Bertz CT molecular complexity index is 571. The van der Waals surface area contributed by atoms with E-state index < -0.39 is 10.0 Å². The third-order valence-corrected chi connectivity index (χ3v) is 4.23. The van der Waals surface area contributed by atoms with Crippen LogP contribution in [0.2, 0.25) is 0 Å². The zero-order valence-electron chi connectivity index (χ0n) is 11.9. The van der Waals surface area contributed by atoms with E-state index in [9.17, 15) is 8.42 Å². The first kappa shape index (κ1) is 16.0. The molecule has 0 atom stereocenters.